The molecule has 0 fully saturated rings. The standard InChI is InChI=1S/C19H29N3O2.HI/c1-15-5-4-6-18(13-15)24-16(2)14-22-19(20-3)21-10-7-17-8-11-23-12-9-17;/h4-6,8,13,16H,7,9-12,14H2,1-3H3,(H2,20,21,22);1H. The lowest BCUT2D eigenvalue weighted by Gasteiger charge is -2.18. The van der Waals surface area contributed by atoms with Crippen LogP contribution in [0.3, 0.4) is 0 Å². The van der Waals surface area contributed by atoms with E-state index in [9.17, 15) is 0 Å². The van der Waals surface area contributed by atoms with Gasteiger partial charge in [0, 0.05) is 13.6 Å². The first-order chi connectivity index (χ1) is 11.7. The lowest BCUT2D eigenvalue weighted by Crippen LogP contribution is -2.42. The molecule has 0 saturated carbocycles. The largest absolute Gasteiger partial charge is 0.489 e. The molecule has 0 aliphatic carbocycles. The predicted octanol–water partition coefficient (Wildman–Crippen LogP) is 3.28. The molecule has 0 bridgehead atoms. The first-order valence-corrected chi connectivity index (χ1v) is 8.61. The molecule has 1 aliphatic rings. The molecule has 0 amide bonds. The fourth-order valence-corrected chi connectivity index (χ4v) is 2.56. The molecule has 25 heavy (non-hydrogen) atoms. The second-order valence-electron chi connectivity index (χ2n) is 6.06. The molecule has 1 aromatic carbocycles. The minimum absolute atomic E-state index is 0. The summed E-state index contributed by atoms with van der Waals surface area (Å²) in [6, 6.07) is 8.11. The second-order valence-corrected chi connectivity index (χ2v) is 6.06. The minimum atomic E-state index is 0. The van der Waals surface area contributed by atoms with E-state index >= 15 is 0 Å². The number of ether oxygens (including phenoxy) is 2. The van der Waals surface area contributed by atoms with Gasteiger partial charge in [-0.15, -0.1) is 24.0 Å². The van der Waals surface area contributed by atoms with Gasteiger partial charge in [0.05, 0.1) is 19.8 Å². The molecule has 0 aromatic heterocycles. The summed E-state index contributed by atoms with van der Waals surface area (Å²) in [5.41, 5.74) is 2.66. The highest BCUT2D eigenvalue weighted by Gasteiger charge is 2.07. The Morgan fingerprint density at radius 2 is 2.20 bits per heavy atom. The zero-order valence-electron chi connectivity index (χ0n) is 15.4. The van der Waals surface area contributed by atoms with Gasteiger partial charge < -0.3 is 20.1 Å². The van der Waals surface area contributed by atoms with Crippen molar-refractivity contribution in [2.45, 2.75) is 32.8 Å². The number of benzene rings is 1. The Labute approximate surface area is 168 Å². The van der Waals surface area contributed by atoms with Crippen LogP contribution in [-0.4, -0.2) is 45.4 Å². The van der Waals surface area contributed by atoms with Crippen molar-refractivity contribution in [1.82, 2.24) is 10.6 Å². The maximum absolute atomic E-state index is 5.92. The van der Waals surface area contributed by atoms with Crippen LogP contribution in [0, 0.1) is 6.92 Å². The fourth-order valence-electron chi connectivity index (χ4n) is 2.56. The Morgan fingerprint density at radius 3 is 2.88 bits per heavy atom. The molecular formula is C19H30IN3O2. The Balaban J connectivity index is 0.00000312. The molecule has 0 spiro atoms. The van der Waals surface area contributed by atoms with Crippen molar-refractivity contribution in [3.05, 3.63) is 41.5 Å². The third-order valence-electron chi connectivity index (χ3n) is 3.90. The number of hydrogen-bond donors (Lipinski definition) is 2. The summed E-state index contributed by atoms with van der Waals surface area (Å²) in [6.45, 7) is 7.27. The smallest absolute Gasteiger partial charge is 0.191 e. The van der Waals surface area contributed by atoms with Crippen molar-refractivity contribution in [1.29, 1.82) is 0 Å². The molecule has 0 radical (unpaired) electrons. The second kappa shape index (κ2) is 12.1. The van der Waals surface area contributed by atoms with Gasteiger partial charge in [-0.2, -0.15) is 0 Å². The van der Waals surface area contributed by atoms with Crippen LogP contribution in [0.4, 0.5) is 0 Å². The summed E-state index contributed by atoms with van der Waals surface area (Å²) in [7, 11) is 1.79. The molecule has 1 heterocycles. The zero-order valence-corrected chi connectivity index (χ0v) is 17.7. The van der Waals surface area contributed by atoms with Gasteiger partial charge in [-0.25, -0.2) is 0 Å². The monoisotopic (exact) mass is 459 g/mol. The molecule has 0 saturated heterocycles. The molecule has 5 nitrogen and oxygen atoms in total. The van der Waals surface area contributed by atoms with E-state index < -0.39 is 0 Å². The van der Waals surface area contributed by atoms with Gasteiger partial charge in [0.15, 0.2) is 5.96 Å². The summed E-state index contributed by atoms with van der Waals surface area (Å²) in [4.78, 5) is 4.26. The summed E-state index contributed by atoms with van der Waals surface area (Å²) in [5, 5.41) is 6.66. The van der Waals surface area contributed by atoms with Gasteiger partial charge in [-0.3, -0.25) is 4.99 Å². The molecular weight excluding hydrogens is 429 g/mol. The van der Waals surface area contributed by atoms with E-state index in [4.69, 9.17) is 9.47 Å². The van der Waals surface area contributed by atoms with Crippen molar-refractivity contribution in [3.63, 3.8) is 0 Å². The first-order valence-electron chi connectivity index (χ1n) is 8.61. The zero-order chi connectivity index (χ0) is 17.2. The summed E-state index contributed by atoms with van der Waals surface area (Å²) >= 11 is 0. The van der Waals surface area contributed by atoms with Gasteiger partial charge in [0.1, 0.15) is 11.9 Å². The lowest BCUT2D eigenvalue weighted by molar-refractivity contribution is 0.153. The van der Waals surface area contributed by atoms with Crippen LogP contribution in [0.15, 0.2) is 40.9 Å². The summed E-state index contributed by atoms with van der Waals surface area (Å²) < 4.78 is 11.2. The third-order valence-corrected chi connectivity index (χ3v) is 3.90. The molecule has 1 unspecified atom stereocenters. The molecule has 140 valence electrons. The van der Waals surface area contributed by atoms with Gasteiger partial charge >= 0.3 is 0 Å². The maximum atomic E-state index is 5.92. The van der Waals surface area contributed by atoms with Gasteiger partial charge in [0.2, 0.25) is 0 Å². The molecule has 2 N–H and O–H groups in total. The van der Waals surface area contributed by atoms with Gasteiger partial charge in [0.25, 0.3) is 0 Å². The average Bonchev–Trinajstić information content (AvgIpc) is 2.59. The highest BCUT2D eigenvalue weighted by molar-refractivity contribution is 14.0. The Morgan fingerprint density at radius 1 is 1.36 bits per heavy atom. The fraction of sp³-hybridized carbons (Fsp3) is 0.526. The number of halogens is 1. The summed E-state index contributed by atoms with van der Waals surface area (Å²) in [5.74, 6) is 1.71. The number of nitrogens with one attached hydrogen (secondary N) is 2. The van der Waals surface area contributed by atoms with Crippen LogP contribution in [0.2, 0.25) is 0 Å². The number of guanidine groups is 1. The number of aryl methyl sites for hydroxylation is 1. The summed E-state index contributed by atoms with van der Waals surface area (Å²) in [6.07, 6.45) is 4.30. The van der Waals surface area contributed by atoms with Crippen LogP contribution >= 0.6 is 24.0 Å². The van der Waals surface area contributed by atoms with Gasteiger partial charge in [-0.1, -0.05) is 23.8 Å². The minimum Gasteiger partial charge on any atom is -0.489 e. The Bertz CT molecular complexity index is 576. The first kappa shape index (κ1) is 21.8. The average molecular weight is 459 g/mol. The lowest BCUT2D eigenvalue weighted by atomic mass is 10.1. The van der Waals surface area contributed by atoms with E-state index in [-0.39, 0.29) is 30.1 Å². The highest BCUT2D eigenvalue weighted by Crippen LogP contribution is 2.14. The van der Waals surface area contributed by atoms with Crippen molar-refractivity contribution in [2.24, 2.45) is 4.99 Å². The van der Waals surface area contributed by atoms with Crippen LogP contribution in [0.25, 0.3) is 0 Å². The molecule has 1 aliphatic heterocycles. The van der Waals surface area contributed by atoms with E-state index in [1.165, 1.54) is 11.1 Å². The molecule has 2 rings (SSSR count). The van der Waals surface area contributed by atoms with Crippen molar-refractivity contribution >= 4 is 29.9 Å². The van der Waals surface area contributed by atoms with Crippen LogP contribution in [0.5, 0.6) is 5.75 Å². The molecule has 1 aromatic rings. The Hall–Kier alpha value is -1.28. The normalized spacial score (nSPS) is 15.6. The van der Waals surface area contributed by atoms with E-state index in [1.807, 2.05) is 18.2 Å². The maximum Gasteiger partial charge on any atom is 0.191 e. The number of nitrogens with zero attached hydrogens (tertiary/aromatic N) is 1. The van der Waals surface area contributed by atoms with Crippen LogP contribution in [0.1, 0.15) is 25.3 Å². The number of aliphatic imine (C=N–C) groups is 1. The van der Waals surface area contributed by atoms with Crippen molar-refractivity contribution in [2.75, 3.05) is 33.4 Å². The van der Waals surface area contributed by atoms with E-state index in [2.05, 4.69) is 41.6 Å². The number of rotatable bonds is 7. The van der Waals surface area contributed by atoms with Crippen molar-refractivity contribution < 1.29 is 9.47 Å². The number of hydrogen-bond acceptors (Lipinski definition) is 3. The third kappa shape index (κ3) is 8.58. The van der Waals surface area contributed by atoms with Crippen molar-refractivity contribution in [3.8, 4) is 5.75 Å². The predicted molar refractivity (Wildman–Crippen MR) is 114 cm³/mol. The topological polar surface area (TPSA) is 54.9 Å². The van der Waals surface area contributed by atoms with E-state index in [0.29, 0.717) is 6.54 Å². The SMILES string of the molecule is CN=C(NCCC1=CCOCC1)NCC(C)Oc1cccc(C)c1.I. The molecule has 6 heteroatoms. The Kier molecular flexibility index (Phi) is 10.6. The quantitative estimate of drug-likeness (QED) is 0.285. The van der Waals surface area contributed by atoms with E-state index in [1.54, 1.807) is 7.05 Å². The highest BCUT2D eigenvalue weighted by atomic mass is 127. The molecule has 1 atom stereocenters. The van der Waals surface area contributed by atoms with Gasteiger partial charge in [-0.05, 0) is 44.4 Å². The van der Waals surface area contributed by atoms with Crippen LogP contribution in [-0.2, 0) is 4.74 Å². The van der Waals surface area contributed by atoms with E-state index in [0.717, 1.165) is 44.3 Å². The van der Waals surface area contributed by atoms with Crippen LogP contribution < -0.4 is 15.4 Å².